The minimum absolute atomic E-state index is 0.258. The quantitative estimate of drug-likeness (QED) is 0.797. The lowest BCUT2D eigenvalue weighted by atomic mass is 10.2. The summed E-state index contributed by atoms with van der Waals surface area (Å²) in [5, 5.41) is 0.520. The average molecular weight is 353 g/mol. The van der Waals surface area contributed by atoms with Gasteiger partial charge in [-0.1, -0.05) is 30.7 Å². The molecule has 0 aromatic heterocycles. The molecule has 0 aliphatic heterocycles. The molecule has 0 saturated heterocycles. The van der Waals surface area contributed by atoms with Gasteiger partial charge in [0.1, 0.15) is 0 Å². The molecule has 0 aliphatic rings. The predicted octanol–water partition coefficient (Wildman–Crippen LogP) is 3.62. The van der Waals surface area contributed by atoms with Crippen LogP contribution in [0.4, 0.5) is 5.69 Å². The fourth-order valence-corrected chi connectivity index (χ4v) is 3.79. The first-order chi connectivity index (χ1) is 10.8. The first-order valence-corrected chi connectivity index (χ1v) is 9.18. The van der Waals surface area contributed by atoms with Crippen LogP contribution in [-0.2, 0) is 16.6 Å². The Kier molecular flexibility index (Phi) is 5.68. The molecule has 2 aromatic rings. The molecule has 0 amide bonds. The lowest BCUT2D eigenvalue weighted by molar-refractivity contribution is 0.423. The minimum Gasteiger partial charge on any atom is -0.378 e. The van der Waals surface area contributed by atoms with E-state index in [0.29, 0.717) is 18.1 Å². The predicted molar refractivity (Wildman–Crippen MR) is 95.5 cm³/mol. The summed E-state index contributed by atoms with van der Waals surface area (Å²) in [7, 11) is 0.413. The standard InChI is InChI=1S/C17H21ClN2O2S/c1-4-20(13-14-5-9-16(10-6-14)19(2)3)23(21,22)17-11-7-15(18)8-12-17/h5-12H,4,13H2,1-3H3. The van der Waals surface area contributed by atoms with Gasteiger partial charge < -0.3 is 4.90 Å². The van der Waals surface area contributed by atoms with Gasteiger partial charge in [-0.15, -0.1) is 0 Å². The highest BCUT2D eigenvalue weighted by Crippen LogP contribution is 2.21. The number of nitrogens with zero attached hydrogens (tertiary/aromatic N) is 2. The van der Waals surface area contributed by atoms with Crippen molar-refractivity contribution >= 4 is 27.3 Å². The molecule has 0 N–H and O–H groups in total. The van der Waals surface area contributed by atoms with E-state index in [1.807, 2.05) is 50.2 Å². The highest BCUT2D eigenvalue weighted by atomic mass is 35.5. The van der Waals surface area contributed by atoms with Crippen molar-refractivity contribution in [1.29, 1.82) is 0 Å². The Bertz CT molecular complexity index is 741. The lowest BCUT2D eigenvalue weighted by Crippen LogP contribution is -2.30. The molecule has 0 spiro atoms. The van der Waals surface area contributed by atoms with Crippen molar-refractivity contribution in [3.8, 4) is 0 Å². The van der Waals surface area contributed by atoms with Crippen molar-refractivity contribution in [3.63, 3.8) is 0 Å². The van der Waals surface area contributed by atoms with Gasteiger partial charge in [0.25, 0.3) is 0 Å². The Hall–Kier alpha value is -1.56. The number of rotatable bonds is 6. The third-order valence-electron chi connectivity index (χ3n) is 3.62. The molecule has 2 rings (SSSR count). The smallest absolute Gasteiger partial charge is 0.243 e. The Morgan fingerprint density at radius 2 is 1.52 bits per heavy atom. The number of anilines is 1. The van der Waals surface area contributed by atoms with E-state index in [-0.39, 0.29) is 4.90 Å². The number of hydrogen-bond acceptors (Lipinski definition) is 3. The van der Waals surface area contributed by atoms with E-state index in [1.165, 1.54) is 16.4 Å². The van der Waals surface area contributed by atoms with Gasteiger partial charge in [-0.3, -0.25) is 0 Å². The Morgan fingerprint density at radius 3 is 2.00 bits per heavy atom. The summed E-state index contributed by atoms with van der Waals surface area (Å²) in [6, 6.07) is 14.1. The van der Waals surface area contributed by atoms with E-state index in [0.717, 1.165) is 11.3 Å². The molecule has 0 atom stereocenters. The van der Waals surface area contributed by atoms with Gasteiger partial charge in [0.05, 0.1) is 4.90 Å². The average Bonchev–Trinajstić information content (AvgIpc) is 2.53. The molecule has 4 nitrogen and oxygen atoms in total. The van der Waals surface area contributed by atoms with Crippen molar-refractivity contribution in [2.75, 3.05) is 25.5 Å². The maximum atomic E-state index is 12.7. The SMILES string of the molecule is CCN(Cc1ccc(N(C)C)cc1)S(=O)(=O)c1ccc(Cl)cc1. The maximum Gasteiger partial charge on any atom is 0.243 e. The zero-order valence-electron chi connectivity index (χ0n) is 13.5. The molecule has 0 saturated carbocycles. The molecule has 0 heterocycles. The van der Waals surface area contributed by atoms with Crippen LogP contribution in [0.1, 0.15) is 12.5 Å². The van der Waals surface area contributed by atoms with Gasteiger partial charge in [-0.2, -0.15) is 4.31 Å². The fraction of sp³-hybridized carbons (Fsp3) is 0.294. The van der Waals surface area contributed by atoms with Crippen LogP contribution >= 0.6 is 11.6 Å². The monoisotopic (exact) mass is 352 g/mol. The molecular weight excluding hydrogens is 332 g/mol. The number of benzene rings is 2. The molecule has 0 bridgehead atoms. The molecule has 2 aromatic carbocycles. The molecule has 23 heavy (non-hydrogen) atoms. The van der Waals surface area contributed by atoms with Crippen molar-refractivity contribution in [1.82, 2.24) is 4.31 Å². The van der Waals surface area contributed by atoms with Crippen molar-refractivity contribution in [3.05, 3.63) is 59.1 Å². The van der Waals surface area contributed by atoms with Crippen LogP contribution in [0.5, 0.6) is 0 Å². The molecule has 124 valence electrons. The lowest BCUT2D eigenvalue weighted by Gasteiger charge is -2.21. The minimum atomic E-state index is -3.53. The van der Waals surface area contributed by atoms with Gasteiger partial charge in [-0.05, 0) is 42.0 Å². The van der Waals surface area contributed by atoms with Gasteiger partial charge in [0.2, 0.25) is 10.0 Å². The molecule has 0 radical (unpaired) electrons. The van der Waals surface area contributed by atoms with Crippen LogP contribution in [0.2, 0.25) is 5.02 Å². The van der Waals surface area contributed by atoms with Gasteiger partial charge in [0.15, 0.2) is 0 Å². The van der Waals surface area contributed by atoms with E-state index in [4.69, 9.17) is 11.6 Å². The van der Waals surface area contributed by atoms with Crippen LogP contribution < -0.4 is 4.90 Å². The third-order valence-corrected chi connectivity index (χ3v) is 5.80. The topological polar surface area (TPSA) is 40.6 Å². The summed E-state index contributed by atoms with van der Waals surface area (Å²) >= 11 is 5.83. The van der Waals surface area contributed by atoms with Crippen molar-refractivity contribution in [2.45, 2.75) is 18.4 Å². The second kappa shape index (κ2) is 7.34. The van der Waals surface area contributed by atoms with E-state index in [1.54, 1.807) is 12.1 Å². The zero-order chi connectivity index (χ0) is 17.0. The van der Waals surface area contributed by atoms with Crippen LogP contribution in [0.15, 0.2) is 53.4 Å². The molecule has 0 fully saturated rings. The second-order valence-electron chi connectivity index (χ2n) is 5.45. The largest absolute Gasteiger partial charge is 0.378 e. The Labute approximate surface area is 143 Å². The number of hydrogen-bond donors (Lipinski definition) is 0. The summed E-state index contributed by atoms with van der Waals surface area (Å²) in [5.74, 6) is 0. The normalized spacial score (nSPS) is 11.7. The summed E-state index contributed by atoms with van der Waals surface area (Å²) in [4.78, 5) is 2.26. The summed E-state index contributed by atoms with van der Waals surface area (Å²) in [6.07, 6.45) is 0. The summed E-state index contributed by atoms with van der Waals surface area (Å²) < 4.78 is 26.9. The maximum absolute atomic E-state index is 12.7. The van der Waals surface area contributed by atoms with Gasteiger partial charge >= 0.3 is 0 Å². The summed E-state index contributed by atoms with van der Waals surface area (Å²) in [5.41, 5.74) is 2.03. The Balaban J connectivity index is 2.23. The first-order valence-electron chi connectivity index (χ1n) is 7.36. The zero-order valence-corrected chi connectivity index (χ0v) is 15.1. The summed E-state index contributed by atoms with van der Waals surface area (Å²) in [6.45, 7) is 2.58. The highest BCUT2D eigenvalue weighted by molar-refractivity contribution is 7.89. The van der Waals surface area contributed by atoms with Crippen LogP contribution in [0.25, 0.3) is 0 Å². The van der Waals surface area contributed by atoms with Crippen LogP contribution in [-0.4, -0.2) is 33.4 Å². The molecule has 0 unspecified atom stereocenters. The van der Waals surface area contributed by atoms with E-state index < -0.39 is 10.0 Å². The Morgan fingerprint density at radius 1 is 0.957 bits per heavy atom. The van der Waals surface area contributed by atoms with Crippen molar-refractivity contribution < 1.29 is 8.42 Å². The first kappa shape index (κ1) is 17.8. The van der Waals surface area contributed by atoms with Crippen LogP contribution in [0, 0.1) is 0 Å². The van der Waals surface area contributed by atoms with E-state index >= 15 is 0 Å². The fourth-order valence-electron chi connectivity index (χ4n) is 2.23. The number of halogens is 1. The molecular formula is C17H21ClN2O2S. The van der Waals surface area contributed by atoms with Crippen molar-refractivity contribution in [2.24, 2.45) is 0 Å². The van der Waals surface area contributed by atoms with E-state index in [9.17, 15) is 8.42 Å². The third kappa shape index (κ3) is 4.25. The number of sulfonamides is 1. The van der Waals surface area contributed by atoms with Crippen LogP contribution in [0.3, 0.4) is 0 Å². The van der Waals surface area contributed by atoms with Gasteiger partial charge in [0, 0.05) is 37.9 Å². The second-order valence-corrected chi connectivity index (χ2v) is 7.82. The molecule has 0 aliphatic carbocycles. The van der Waals surface area contributed by atoms with E-state index in [2.05, 4.69) is 0 Å². The van der Waals surface area contributed by atoms with Gasteiger partial charge in [-0.25, -0.2) is 8.42 Å². The highest BCUT2D eigenvalue weighted by Gasteiger charge is 2.23. The molecule has 6 heteroatoms.